The molecule has 0 radical (unpaired) electrons. The zero-order valence-electron chi connectivity index (χ0n) is 9.28. The molecule has 0 atom stereocenters. The maximum absolute atomic E-state index is 11.3. The van der Waals surface area contributed by atoms with Crippen LogP contribution in [0.2, 0.25) is 0 Å². The van der Waals surface area contributed by atoms with Crippen molar-refractivity contribution in [3.63, 3.8) is 0 Å². The molecule has 1 aromatic rings. The summed E-state index contributed by atoms with van der Waals surface area (Å²) >= 11 is 0. The summed E-state index contributed by atoms with van der Waals surface area (Å²) < 4.78 is 27.7. The molecule has 0 aromatic heterocycles. The molecular weight excluding hydrogens is 248 g/mol. The second-order valence-electron chi connectivity index (χ2n) is 3.57. The SMILES string of the molecule is CC(C)Oc1c([N+](=O)[O-])cccc1S(N)(=O)=O. The fourth-order valence-corrected chi connectivity index (χ4v) is 1.91. The second kappa shape index (κ2) is 4.68. The van der Waals surface area contributed by atoms with E-state index in [2.05, 4.69) is 0 Å². The van der Waals surface area contributed by atoms with Crippen LogP contribution < -0.4 is 9.88 Å². The molecule has 0 aliphatic carbocycles. The van der Waals surface area contributed by atoms with E-state index < -0.39 is 26.7 Å². The predicted molar refractivity (Wildman–Crippen MR) is 60.2 cm³/mol. The molecule has 0 amide bonds. The largest absolute Gasteiger partial charge is 0.483 e. The van der Waals surface area contributed by atoms with Gasteiger partial charge in [0.15, 0.2) is 0 Å². The molecule has 1 aromatic carbocycles. The molecule has 7 nitrogen and oxygen atoms in total. The lowest BCUT2D eigenvalue weighted by molar-refractivity contribution is -0.386. The van der Waals surface area contributed by atoms with Crippen LogP contribution in [0.4, 0.5) is 5.69 Å². The maximum atomic E-state index is 11.3. The van der Waals surface area contributed by atoms with Gasteiger partial charge in [0.2, 0.25) is 15.8 Å². The van der Waals surface area contributed by atoms with E-state index in [0.717, 1.165) is 6.07 Å². The number of ether oxygens (including phenoxy) is 1. The fraction of sp³-hybridized carbons (Fsp3) is 0.333. The van der Waals surface area contributed by atoms with Gasteiger partial charge in [0.05, 0.1) is 11.0 Å². The summed E-state index contributed by atoms with van der Waals surface area (Å²) in [4.78, 5) is 9.67. The zero-order valence-corrected chi connectivity index (χ0v) is 10.1. The molecule has 0 aliphatic rings. The minimum absolute atomic E-state index is 0.324. The van der Waals surface area contributed by atoms with Crippen molar-refractivity contribution < 1.29 is 18.1 Å². The topological polar surface area (TPSA) is 113 Å². The molecule has 0 spiro atoms. The monoisotopic (exact) mass is 260 g/mol. The molecule has 0 bridgehead atoms. The van der Waals surface area contributed by atoms with E-state index in [9.17, 15) is 18.5 Å². The summed E-state index contributed by atoms with van der Waals surface area (Å²) in [5.74, 6) is -0.324. The first-order chi connectivity index (χ1) is 7.73. The van der Waals surface area contributed by atoms with Crippen LogP contribution in [0.15, 0.2) is 23.1 Å². The molecule has 0 heterocycles. The minimum atomic E-state index is -4.06. The Balaban J connectivity index is 3.51. The van der Waals surface area contributed by atoms with Gasteiger partial charge < -0.3 is 4.74 Å². The van der Waals surface area contributed by atoms with Crippen LogP contribution in [0.3, 0.4) is 0 Å². The number of sulfonamides is 1. The number of para-hydroxylation sites is 1. The molecule has 1 rings (SSSR count). The fourth-order valence-electron chi connectivity index (χ4n) is 1.23. The maximum Gasteiger partial charge on any atom is 0.312 e. The number of nitrogens with two attached hydrogens (primary N) is 1. The lowest BCUT2D eigenvalue weighted by atomic mass is 10.3. The van der Waals surface area contributed by atoms with Crippen LogP contribution in [-0.2, 0) is 10.0 Å². The van der Waals surface area contributed by atoms with Crippen LogP contribution in [0, 0.1) is 10.1 Å². The van der Waals surface area contributed by atoms with Gasteiger partial charge in [-0.05, 0) is 19.9 Å². The lowest BCUT2D eigenvalue weighted by Crippen LogP contribution is -2.16. The van der Waals surface area contributed by atoms with Crippen molar-refractivity contribution in [2.24, 2.45) is 5.14 Å². The summed E-state index contributed by atoms with van der Waals surface area (Å²) in [6.07, 6.45) is -0.406. The Morgan fingerprint density at radius 2 is 2.00 bits per heavy atom. The summed E-state index contributed by atoms with van der Waals surface area (Å²) in [7, 11) is -4.06. The predicted octanol–water partition coefficient (Wildman–Crippen LogP) is 1.03. The number of benzene rings is 1. The molecule has 94 valence electrons. The first-order valence-electron chi connectivity index (χ1n) is 4.70. The summed E-state index contributed by atoms with van der Waals surface area (Å²) in [5.41, 5.74) is -0.426. The van der Waals surface area contributed by atoms with Gasteiger partial charge in [-0.1, -0.05) is 6.07 Å². The number of hydrogen-bond donors (Lipinski definition) is 1. The van der Waals surface area contributed by atoms with E-state index in [1.807, 2.05) is 0 Å². The highest BCUT2D eigenvalue weighted by Gasteiger charge is 2.25. The van der Waals surface area contributed by atoms with Crippen LogP contribution in [0.5, 0.6) is 5.75 Å². The quantitative estimate of drug-likeness (QED) is 0.641. The van der Waals surface area contributed by atoms with Crippen molar-refractivity contribution in [3.8, 4) is 5.75 Å². The van der Waals surface area contributed by atoms with Crippen LogP contribution in [-0.4, -0.2) is 19.4 Å². The lowest BCUT2D eigenvalue weighted by Gasteiger charge is -2.12. The molecule has 8 heteroatoms. The summed E-state index contributed by atoms with van der Waals surface area (Å²) in [6, 6.07) is 3.57. The van der Waals surface area contributed by atoms with E-state index in [1.165, 1.54) is 12.1 Å². The Kier molecular flexibility index (Phi) is 3.69. The Morgan fingerprint density at radius 1 is 1.41 bits per heavy atom. The van der Waals surface area contributed by atoms with Crippen molar-refractivity contribution in [1.82, 2.24) is 0 Å². The van der Waals surface area contributed by atoms with E-state index in [4.69, 9.17) is 9.88 Å². The van der Waals surface area contributed by atoms with Crippen molar-refractivity contribution in [3.05, 3.63) is 28.3 Å². The van der Waals surface area contributed by atoms with E-state index in [1.54, 1.807) is 13.8 Å². The number of hydrogen-bond acceptors (Lipinski definition) is 5. The van der Waals surface area contributed by atoms with Gasteiger partial charge in [-0.25, -0.2) is 13.6 Å². The van der Waals surface area contributed by atoms with Crippen LogP contribution in [0.1, 0.15) is 13.8 Å². The number of nitrogens with zero attached hydrogens (tertiary/aromatic N) is 1. The van der Waals surface area contributed by atoms with Crippen molar-refractivity contribution in [2.75, 3.05) is 0 Å². The van der Waals surface area contributed by atoms with Gasteiger partial charge in [0.25, 0.3) is 0 Å². The average molecular weight is 260 g/mol. The highest BCUT2D eigenvalue weighted by Crippen LogP contribution is 2.33. The average Bonchev–Trinajstić information content (AvgIpc) is 2.14. The second-order valence-corrected chi connectivity index (χ2v) is 5.10. The highest BCUT2D eigenvalue weighted by atomic mass is 32.2. The van der Waals surface area contributed by atoms with Gasteiger partial charge in [0.1, 0.15) is 4.90 Å². The van der Waals surface area contributed by atoms with Crippen molar-refractivity contribution >= 4 is 15.7 Å². The molecule has 0 aliphatic heterocycles. The Hall–Kier alpha value is -1.67. The van der Waals surface area contributed by atoms with Gasteiger partial charge in [0, 0.05) is 6.07 Å². The molecule has 0 saturated heterocycles. The normalized spacial score (nSPS) is 11.5. The van der Waals surface area contributed by atoms with Gasteiger partial charge >= 0.3 is 5.69 Å². The Bertz CT molecular complexity index is 538. The summed E-state index contributed by atoms with van der Waals surface area (Å²) in [6.45, 7) is 3.26. The number of nitro groups is 1. The Labute approximate surface area is 98.4 Å². The zero-order chi connectivity index (χ0) is 13.2. The number of nitro benzene ring substituents is 1. The molecular formula is C9H12N2O5S. The third kappa shape index (κ3) is 3.14. The van der Waals surface area contributed by atoms with E-state index in [-0.39, 0.29) is 10.6 Å². The standard InChI is InChI=1S/C9H12N2O5S/c1-6(2)16-9-7(11(12)13)4-3-5-8(9)17(10,14)15/h3-6H,1-2H3,(H2,10,14,15). The molecule has 17 heavy (non-hydrogen) atoms. The number of primary sulfonamides is 1. The van der Waals surface area contributed by atoms with Gasteiger partial charge in [-0.2, -0.15) is 0 Å². The Morgan fingerprint density at radius 3 is 2.41 bits per heavy atom. The van der Waals surface area contributed by atoms with Crippen molar-refractivity contribution in [1.29, 1.82) is 0 Å². The van der Waals surface area contributed by atoms with E-state index >= 15 is 0 Å². The molecule has 0 fully saturated rings. The van der Waals surface area contributed by atoms with Gasteiger partial charge in [-0.3, -0.25) is 10.1 Å². The van der Waals surface area contributed by atoms with E-state index in [0.29, 0.717) is 0 Å². The molecule has 0 saturated carbocycles. The third-order valence-corrected chi connectivity index (χ3v) is 2.75. The molecule has 2 N–H and O–H groups in total. The third-order valence-electron chi connectivity index (χ3n) is 1.81. The van der Waals surface area contributed by atoms with Gasteiger partial charge in [-0.15, -0.1) is 0 Å². The van der Waals surface area contributed by atoms with Crippen LogP contribution in [0.25, 0.3) is 0 Å². The molecule has 0 unspecified atom stereocenters. The highest BCUT2D eigenvalue weighted by molar-refractivity contribution is 7.89. The van der Waals surface area contributed by atoms with Crippen molar-refractivity contribution in [2.45, 2.75) is 24.8 Å². The smallest absolute Gasteiger partial charge is 0.312 e. The minimum Gasteiger partial charge on any atom is -0.483 e. The van der Waals surface area contributed by atoms with Crippen LogP contribution >= 0.6 is 0 Å². The summed E-state index contributed by atoms with van der Waals surface area (Å²) in [5, 5.41) is 15.7. The first-order valence-corrected chi connectivity index (χ1v) is 6.25. The first kappa shape index (κ1) is 13.4. The number of rotatable bonds is 4.